The van der Waals surface area contributed by atoms with Crippen molar-refractivity contribution >= 4 is 5.91 Å². The average Bonchev–Trinajstić information content (AvgIpc) is 2.44. The highest BCUT2D eigenvalue weighted by Gasteiger charge is 2.11. The van der Waals surface area contributed by atoms with Crippen molar-refractivity contribution < 1.29 is 9.53 Å². The SMILES string of the molecule is CCC(C)NC(=O)COc1ccccc1C(C)CC. The van der Waals surface area contributed by atoms with Gasteiger partial charge in [-0.2, -0.15) is 0 Å². The van der Waals surface area contributed by atoms with Crippen molar-refractivity contribution in [3.8, 4) is 5.75 Å². The molecule has 0 aliphatic carbocycles. The Morgan fingerprint density at radius 3 is 2.53 bits per heavy atom. The zero-order valence-electron chi connectivity index (χ0n) is 12.4. The molecular weight excluding hydrogens is 238 g/mol. The molecule has 2 atom stereocenters. The van der Waals surface area contributed by atoms with E-state index in [0.717, 1.165) is 18.6 Å². The van der Waals surface area contributed by atoms with Gasteiger partial charge in [0.2, 0.25) is 0 Å². The molecule has 0 aliphatic heterocycles. The Labute approximate surface area is 116 Å². The van der Waals surface area contributed by atoms with Gasteiger partial charge in [0, 0.05) is 6.04 Å². The third kappa shape index (κ3) is 4.93. The molecule has 3 nitrogen and oxygen atoms in total. The van der Waals surface area contributed by atoms with Crippen molar-refractivity contribution in [3.05, 3.63) is 29.8 Å². The van der Waals surface area contributed by atoms with Crippen LogP contribution in [0.3, 0.4) is 0 Å². The number of hydrogen-bond donors (Lipinski definition) is 1. The molecule has 0 radical (unpaired) electrons. The summed E-state index contributed by atoms with van der Waals surface area (Å²) in [5.41, 5.74) is 1.17. The summed E-state index contributed by atoms with van der Waals surface area (Å²) in [5.74, 6) is 1.19. The number of para-hydroxylation sites is 1. The number of carbonyl (C=O) groups is 1. The van der Waals surface area contributed by atoms with E-state index in [2.05, 4.69) is 25.2 Å². The standard InChI is InChI=1S/C16H25NO2/c1-5-12(3)14-9-7-8-10-15(14)19-11-16(18)17-13(4)6-2/h7-10,12-13H,5-6,11H2,1-4H3,(H,17,18). The predicted octanol–water partition coefficient (Wildman–Crippen LogP) is 3.49. The van der Waals surface area contributed by atoms with E-state index in [1.54, 1.807) is 0 Å². The first-order valence-electron chi connectivity index (χ1n) is 7.09. The van der Waals surface area contributed by atoms with Crippen molar-refractivity contribution in [2.24, 2.45) is 0 Å². The van der Waals surface area contributed by atoms with Crippen LogP contribution in [0, 0.1) is 0 Å². The van der Waals surface area contributed by atoms with Crippen molar-refractivity contribution in [2.45, 2.75) is 52.5 Å². The summed E-state index contributed by atoms with van der Waals surface area (Å²) in [5, 5.41) is 2.90. The molecule has 1 N–H and O–H groups in total. The van der Waals surface area contributed by atoms with E-state index in [1.807, 2.05) is 32.0 Å². The predicted molar refractivity (Wildman–Crippen MR) is 78.5 cm³/mol. The van der Waals surface area contributed by atoms with Crippen LogP contribution in [0.15, 0.2) is 24.3 Å². The maximum Gasteiger partial charge on any atom is 0.258 e. The van der Waals surface area contributed by atoms with Crippen LogP contribution in [-0.2, 0) is 4.79 Å². The molecule has 1 rings (SSSR count). The van der Waals surface area contributed by atoms with E-state index in [1.165, 1.54) is 5.56 Å². The minimum atomic E-state index is -0.0618. The van der Waals surface area contributed by atoms with Crippen LogP contribution in [0.2, 0.25) is 0 Å². The Hall–Kier alpha value is -1.51. The molecule has 1 aromatic carbocycles. The van der Waals surface area contributed by atoms with E-state index in [9.17, 15) is 4.79 Å². The maximum atomic E-state index is 11.7. The van der Waals surface area contributed by atoms with Gasteiger partial charge in [-0.15, -0.1) is 0 Å². The molecule has 1 amide bonds. The van der Waals surface area contributed by atoms with Crippen molar-refractivity contribution in [1.82, 2.24) is 5.32 Å². The van der Waals surface area contributed by atoms with Crippen LogP contribution >= 0.6 is 0 Å². The van der Waals surface area contributed by atoms with Gasteiger partial charge in [0.05, 0.1) is 0 Å². The van der Waals surface area contributed by atoms with E-state index in [-0.39, 0.29) is 18.6 Å². The van der Waals surface area contributed by atoms with Crippen LogP contribution < -0.4 is 10.1 Å². The molecule has 0 spiro atoms. The third-order valence-corrected chi connectivity index (χ3v) is 3.44. The van der Waals surface area contributed by atoms with Gasteiger partial charge in [0.1, 0.15) is 5.75 Å². The lowest BCUT2D eigenvalue weighted by Gasteiger charge is -2.16. The largest absolute Gasteiger partial charge is 0.483 e. The number of ether oxygens (including phenoxy) is 1. The number of carbonyl (C=O) groups excluding carboxylic acids is 1. The molecule has 0 bridgehead atoms. The topological polar surface area (TPSA) is 38.3 Å². The number of hydrogen-bond acceptors (Lipinski definition) is 2. The zero-order valence-corrected chi connectivity index (χ0v) is 12.4. The quantitative estimate of drug-likeness (QED) is 0.817. The van der Waals surface area contributed by atoms with Crippen LogP contribution in [-0.4, -0.2) is 18.6 Å². The fourth-order valence-corrected chi connectivity index (χ4v) is 1.80. The summed E-state index contributed by atoms with van der Waals surface area (Å²) in [4.78, 5) is 11.7. The van der Waals surface area contributed by atoms with E-state index < -0.39 is 0 Å². The highest BCUT2D eigenvalue weighted by molar-refractivity contribution is 5.77. The lowest BCUT2D eigenvalue weighted by atomic mass is 9.98. The molecule has 0 saturated heterocycles. The minimum absolute atomic E-state index is 0.0618. The first-order valence-corrected chi connectivity index (χ1v) is 7.09. The van der Waals surface area contributed by atoms with Crippen LogP contribution in [0.5, 0.6) is 5.75 Å². The van der Waals surface area contributed by atoms with E-state index in [4.69, 9.17) is 4.74 Å². The number of nitrogens with one attached hydrogen (secondary N) is 1. The molecule has 3 heteroatoms. The minimum Gasteiger partial charge on any atom is -0.483 e. The van der Waals surface area contributed by atoms with Gasteiger partial charge in [-0.05, 0) is 37.3 Å². The molecule has 0 saturated carbocycles. The van der Waals surface area contributed by atoms with Gasteiger partial charge in [-0.25, -0.2) is 0 Å². The number of amides is 1. The molecule has 0 fully saturated rings. The Balaban J connectivity index is 2.60. The van der Waals surface area contributed by atoms with Gasteiger partial charge in [-0.3, -0.25) is 4.79 Å². The highest BCUT2D eigenvalue weighted by atomic mass is 16.5. The second kappa shape index (κ2) is 7.82. The molecule has 0 heterocycles. The molecule has 1 aromatic rings. The summed E-state index contributed by atoms with van der Waals surface area (Å²) >= 11 is 0. The molecule has 0 aromatic heterocycles. The Bertz CT molecular complexity index is 403. The Kier molecular flexibility index (Phi) is 6.40. The van der Waals surface area contributed by atoms with E-state index in [0.29, 0.717) is 5.92 Å². The molecular formula is C16H25NO2. The lowest BCUT2D eigenvalue weighted by Crippen LogP contribution is -2.35. The summed E-state index contributed by atoms with van der Waals surface area (Å²) in [6, 6.07) is 8.14. The smallest absolute Gasteiger partial charge is 0.258 e. The number of rotatable bonds is 7. The first kappa shape index (κ1) is 15.5. The molecule has 2 unspecified atom stereocenters. The summed E-state index contributed by atoms with van der Waals surface area (Å²) in [7, 11) is 0. The highest BCUT2D eigenvalue weighted by Crippen LogP contribution is 2.28. The van der Waals surface area contributed by atoms with Crippen LogP contribution in [0.4, 0.5) is 0 Å². The maximum absolute atomic E-state index is 11.7. The molecule has 0 aliphatic rings. The Morgan fingerprint density at radius 1 is 1.21 bits per heavy atom. The van der Waals surface area contributed by atoms with Gasteiger partial charge < -0.3 is 10.1 Å². The second-order valence-electron chi connectivity index (χ2n) is 5.01. The molecule has 106 valence electrons. The third-order valence-electron chi connectivity index (χ3n) is 3.44. The van der Waals surface area contributed by atoms with Gasteiger partial charge >= 0.3 is 0 Å². The Morgan fingerprint density at radius 2 is 1.89 bits per heavy atom. The van der Waals surface area contributed by atoms with Crippen LogP contribution in [0.1, 0.15) is 52.0 Å². The monoisotopic (exact) mass is 263 g/mol. The normalized spacial score (nSPS) is 13.7. The van der Waals surface area contributed by atoms with Crippen molar-refractivity contribution in [2.75, 3.05) is 6.61 Å². The fraction of sp³-hybridized carbons (Fsp3) is 0.562. The summed E-state index contributed by atoms with van der Waals surface area (Å²) < 4.78 is 5.66. The van der Waals surface area contributed by atoms with Crippen molar-refractivity contribution in [1.29, 1.82) is 0 Å². The van der Waals surface area contributed by atoms with Gasteiger partial charge in [0.15, 0.2) is 6.61 Å². The second-order valence-corrected chi connectivity index (χ2v) is 5.01. The van der Waals surface area contributed by atoms with Crippen molar-refractivity contribution in [3.63, 3.8) is 0 Å². The fourth-order valence-electron chi connectivity index (χ4n) is 1.80. The van der Waals surface area contributed by atoms with Gasteiger partial charge in [0.25, 0.3) is 5.91 Å². The summed E-state index contributed by atoms with van der Waals surface area (Å²) in [6.07, 6.45) is 1.98. The van der Waals surface area contributed by atoms with Crippen LogP contribution in [0.25, 0.3) is 0 Å². The lowest BCUT2D eigenvalue weighted by molar-refractivity contribution is -0.123. The zero-order chi connectivity index (χ0) is 14.3. The summed E-state index contributed by atoms with van der Waals surface area (Å²) in [6.45, 7) is 8.44. The number of benzene rings is 1. The average molecular weight is 263 g/mol. The van der Waals surface area contributed by atoms with Gasteiger partial charge in [-0.1, -0.05) is 39.0 Å². The van der Waals surface area contributed by atoms with E-state index >= 15 is 0 Å². The molecule has 19 heavy (non-hydrogen) atoms. The first-order chi connectivity index (χ1) is 9.08.